The summed E-state index contributed by atoms with van der Waals surface area (Å²) in [5, 5.41) is 7.71. The maximum absolute atomic E-state index is 13.3. The lowest BCUT2D eigenvalue weighted by molar-refractivity contribution is -0.139. The van der Waals surface area contributed by atoms with Crippen molar-refractivity contribution >= 4 is 17.5 Å². The first kappa shape index (κ1) is 28.6. The number of aromatic amines is 1. The van der Waals surface area contributed by atoms with Gasteiger partial charge in [0.2, 0.25) is 11.9 Å². The van der Waals surface area contributed by atoms with E-state index in [9.17, 15) is 40.7 Å². The lowest BCUT2D eigenvalue weighted by Gasteiger charge is -2.34. The average molecular weight is 572 g/mol. The highest BCUT2D eigenvalue weighted by molar-refractivity contribution is 5.82. The van der Waals surface area contributed by atoms with E-state index in [1.807, 2.05) is 0 Å². The molecule has 3 aromatic rings. The van der Waals surface area contributed by atoms with E-state index < -0.39 is 52.2 Å². The number of aromatic nitrogens is 5. The summed E-state index contributed by atoms with van der Waals surface area (Å²) < 4.78 is 79.4. The normalized spacial score (nSPS) is 15.3. The number of amides is 1. The third kappa shape index (κ3) is 6.40. The first-order valence-corrected chi connectivity index (χ1v) is 11.8. The van der Waals surface area contributed by atoms with Crippen LogP contribution in [0.5, 0.6) is 0 Å². The van der Waals surface area contributed by atoms with Crippen LogP contribution in [0.25, 0.3) is 0 Å². The number of nitrogens with zero attached hydrogens (tertiary/aromatic N) is 6. The van der Waals surface area contributed by atoms with Gasteiger partial charge >= 0.3 is 12.4 Å². The number of hydrogen-bond acceptors (Lipinski definition) is 8. The number of carbonyl (C=O) groups excluding carboxylic acids is 1. The van der Waals surface area contributed by atoms with Gasteiger partial charge < -0.3 is 19.7 Å². The minimum absolute atomic E-state index is 0.0335. The molecule has 0 unspecified atom stereocenters. The molecule has 17 heteroatoms. The minimum atomic E-state index is -4.93. The van der Waals surface area contributed by atoms with Gasteiger partial charge in [0.25, 0.3) is 11.1 Å². The summed E-state index contributed by atoms with van der Waals surface area (Å²) in [6.07, 6.45) is -5.97. The number of alkyl halides is 6. The van der Waals surface area contributed by atoms with E-state index in [1.54, 1.807) is 11.2 Å². The van der Waals surface area contributed by atoms with Gasteiger partial charge in [0.15, 0.2) is 0 Å². The lowest BCUT2D eigenvalue weighted by atomic mass is 10.2. The molecule has 0 aliphatic carbocycles. The average Bonchev–Trinajstić information content (AvgIpc) is 2.86. The molecule has 11 nitrogen and oxygen atoms in total. The second-order valence-electron chi connectivity index (χ2n) is 9.03. The Morgan fingerprint density at radius 2 is 1.73 bits per heavy atom. The minimum Gasteiger partial charge on any atom is -0.379 e. The molecule has 3 aromatic heterocycles. The Bertz CT molecular complexity index is 1490. The van der Waals surface area contributed by atoms with Crippen molar-refractivity contribution in [2.24, 2.45) is 0 Å². The van der Waals surface area contributed by atoms with Gasteiger partial charge in [0.05, 0.1) is 24.0 Å². The quantitative estimate of drug-likeness (QED) is 0.412. The van der Waals surface area contributed by atoms with Gasteiger partial charge in [-0.15, -0.1) is 0 Å². The van der Waals surface area contributed by atoms with Gasteiger partial charge in [-0.2, -0.15) is 31.4 Å². The van der Waals surface area contributed by atoms with Crippen molar-refractivity contribution in [2.75, 3.05) is 29.9 Å². The zero-order valence-corrected chi connectivity index (χ0v) is 20.8. The number of anilines is 2. The first-order valence-electron chi connectivity index (χ1n) is 11.8. The number of rotatable bonds is 7. The summed E-state index contributed by atoms with van der Waals surface area (Å²) in [5.74, 6) is -0.435. The summed E-state index contributed by atoms with van der Waals surface area (Å²) in [4.78, 5) is 47.7. The fraction of sp³-hybridized carbons (Fsp3) is 0.391. The Morgan fingerprint density at radius 3 is 2.35 bits per heavy atom. The van der Waals surface area contributed by atoms with Crippen LogP contribution in [0.1, 0.15) is 23.6 Å². The molecule has 4 heterocycles. The zero-order valence-electron chi connectivity index (χ0n) is 20.8. The lowest BCUT2D eigenvalue weighted by Crippen LogP contribution is -2.51. The predicted molar refractivity (Wildman–Crippen MR) is 128 cm³/mol. The largest absolute Gasteiger partial charge is 0.423 e. The van der Waals surface area contributed by atoms with Crippen LogP contribution in [0.15, 0.2) is 46.5 Å². The van der Waals surface area contributed by atoms with Crippen molar-refractivity contribution in [3.8, 4) is 0 Å². The van der Waals surface area contributed by atoms with Crippen molar-refractivity contribution in [1.29, 1.82) is 0 Å². The van der Waals surface area contributed by atoms with E-state index in [0.29, 0.717) is 12.4 Å². The van der Waals surface area contributed by atoms with Crippen LogP contribution in [0.2, 0.25) is 0 Å². The highest BCUT2D eigenvalue weighted by Crippen LogP contribution is 2.32. The molecule has 0 saturated carbocycles. The summed E-state index contributed by atoms with van der Waals surface area (Å²) in [5.41, 5.74) is -4.61. The summed E-state index contributed by atoms with van der Waals surface area (Å²) in [6, 6.07) is 2.33. The molecular formula is C23H22F6N8O3. The van der Waals surface area contributed by atoms with Gasteiger partial charge in [0.1, 0.15) is 12.1 Å². The third-order valence-electron chi connectivity index (χ3n) is 6.04. The number of pyridine rings is 1. The molecule has 0 spiro atoms. The van der Waals surface area contributed by atoms with Gasteiger partial charge in [0, 0.05) is 49.8 Å². The van der Waals surface area contributed by atoms with Crippen LogP contribution in [-0.4, -0.2) is 61.2 Å². The second-order valence-corrected chi connectivity index (χ2v) is 9.03. The first-order chi connectivity index (χ1) is 18.7. The Kier molecular flexibility index (Phi) is 7.84. The molecule has 1 amide bonds. The van der Waals surface area contributed by atoms with Crippen LogP contribution in [0, 0.1) is 0 Å². The smallest absolute Gasteiger partial charge is 0.379 e. The van der Waals surface area contributed by atoms with Crippen molar-refractivity contribution in [3.05, 3.63) is 74.3 Å². The Hall–Kier alpha value is -4.44. The molecule has 40 heavy (non-hydrogen) atoms. The molecule has 0 aromatic carbocycles. The molecule has 1 fully saturated rings. The molecular weight excluding hydrogens is 550 g/mol. The zero-order chi connectivity index (χ0) is 29.2. The second kappa shape index (κ2) is 11.0. The number of carbonyl (C=O) groups is 1. The van der Waals surface area contributed by atoms with Crippen LogP contribution < -0.4 is 21.3 Å². The molecule has 214 valence electrons. The molecule has 1 saturated heterocycles. The highest BCUT2D eigenvalue weighted by Gasteiger charge is 2.37. The number of H-pyrrole nitrogens is 1. The van der Waals surface area contributed by atoms with Crippen molar-refractivity contribution < 1.29 is 31.1 Å². The molecule has 1 aliphatic heterocycles. The predicted octanol–water partition coefficient (Wildman–Crippen LogP) is 2.11. The van der Waals surface area contributed by atoms with Crippen molar-refractivity contribution in [3.63, 3.8) is 0 Å². The number of hydrogen-bond donors (Lipinski definition) is 2. The van der Waals surface area contributed by atoms with E-state index in [4.69, 9.17) is 0 Å². The van der Waals surface area contributed by atoms with Gasteiger partial charge in [-0.3, -0.25) is 14.4 Å². The summed E-state index contributed by atoms with van der Waals surface area (Å²) in [6.45, 7) is 1.55. The van der Waals surface area contributed by atoms with E-state index in [2.05, 4.69) is 20.4 Å². The van der Waals surface area contributed by atoms with Gasteiger partial charge in [-0.1, -0.05) is 6.07 Å². The van der Waals surface area contributed by atoms with Crippen LogP contribution in [-0.2, 0) is 30.2 Å². The maximum atomic E-state index is 13.3. The Labute approximate surface area is 221 Å². The van der Waals surface area contributed by atoms with E-state index in [0.717, 1.165) is 6.20 Å². The summed E-state index contributed by atoms with van der Waals surface area (Å²) in [7, 11) is 0. The van der Waals surface area contributed by atoms with Gasteiger partial charge in [-0.25, -0.2) is 15.1 Å². The third-order valence-corrected chi connectivity index (χ3v) is 6.04. The topological polar surface area (TPSA) is 129 Å². The van der Waals surface area contributed by atoms with Crippen molar-refractivity contribution in [1.82, 2.24) is 29.6 Å². The molecule has 4 rings (SSSR count). The molecule has 1 atom stereocenters. The van der Waals surface area contributed by atoms with Crippen LogP contribution in [0.4, 0.5) is 38.0 Å². The molecule has 0 radical (unpaired) electrons. The number of piperazine rings is 1. The maximum Gasteiger partial charge on any atom is 0.423 e. The van der Waals surface area contributed by atoms with Crippen LogP contribution in [0.3, 0.4) is 0 Å². The fourth-order valence-corrected chi connectivity index (χ4v) is 4.13. The highest BCUT2D eigenvalue weighted by atomic mass is 19.4. The summed E-state index contributed by atoms with van der Waals surface area (Å²) >= 11 is 0. The molecule has 2 N–H and O–H groups in total. The SMILES string of the molecule is C[C@@H](Cn1cccc(CN2CCN(c3ncc(C(F)(F)F)cn3)CC2=O)c1=O)Nc1cn[nH]c(=O)c1C(F)(F)F. The monoisotopic (exact) mass is 572 g/mol. The van der Waals surface area contributed by atoms with Crippen molar-refractivity contribution in [2.45, 2.75) is 38.4 Å². The number of halogens is 6. The standard InChI is InChI=1S/C23H22F6N8O3/c1-13(33-16-9-32-34-19(39)18(16)23(27,28)29)10-36-4-2-3-14(20(36)40)11-35-5-6-37(12-17(35)38)21-30-7-15(8-31-21)22(24,25)26/h2-4,7-9,13H,5-6,10-12H2,1H3,(H2,33,34,39)/t13-/m0/s1. The molecule has 1 aliphatic rings. The van der Waals surface area contributed by atoms with Crippen LogP contribution >= 0.6 is 0 Å². The van der Waals surface area contributed by atoms with E-state index in [-0.39, 0.29) is 44.2 Å². The fourth-order valence-electron chi connectivity index (χ4n) is 4.13. The Morgan fingerprint density at radius 1 is 1.02 bits per heavy atom. The van der Waals surface area contributed by atoms with E-state index in [1.165, 1.54) is 33.6 Å². The van der Waals surface area contributed by atoms with E-state index >= 15 is 0 Å². The van der Waals surface area contributed by atoms with Gasteiger partial charge in [-0.05, 0) is 13.0 Å². The number of nitrogens with one attached hydrogen (secondary N) is 2. The Balaban J connectivity index is 1.41. The molecule has 0 bridgehead atoms.